The zero-order valence-corrected chi connectivity index (χ0v) is 49.3. The molecule has 0 bridgehead atoms. The number of hydrogen-bond donors (Lipinski definition) is 21. The zero-order valence-electron chi connectivity index (χ0n) is 48.4. The number of hydrazine groups is 2. The van der Waals surface area contributed by atoms with Crippen molar-refractivity contribution in [3.05, 3.63) is 35.9 Å². The van der Waals surface area contributed by atoms with E-state index in [-0.39, 0.29) is 56.9 Å². The number of aliphatic imine (C=N–C) groups is 1. The number of nitrogens with two attached hydrogens (primary N) is 4. The number of aliphatic hydroxyl groups is 2. The Morgan fingerprint density at radius 2 is 1.19 bits per heavy atom. The standard InChI is InChI=1S/C51H80N18O19S/c52-13-5-4-10-30(66-65-28(23-70)24-71)47(85)62-29(11-6-14-56-51(54)55)45(83)60-22-40(76)69-15-7-12-36(69)50(88)58-19-37(73)43(81)34(25-72)68-67-33(18-42(79)80)49(87)63-31(16-27-8-2-1-3-9-27)48(86)64-32(17-41(77)78)46(84)59-20-38(74)57-21-39(75)61-35(26-89)44(53)82/h1-3,8-9,23,28-36,65-68,71-72,89H,4-7,10-22,24-26,52H2,(H2,53,82)(H,57,74)(H,58,88)(H,59,84)(H,60,83)(H,61,75)(H,62,85)(H,63,87)(H,64,86)(H,77,78)(H,79,80)(H4,54,55,56)/t28-,29+,30+,31+,32+,33+,34+,35+,36+/m1/s1. The molecule has 494 valence electrons. The molecule has 0 unspecified atom stereocenters. The highest BCUT2D eigenvalue weighted by molar-refractivity contribution is 7.80. The van der Waals surface area contributed by atoms with Gasteiger partial charge in [0, 0.05) is 25.3 Å². The summed E-state index contributed by atoms with van der Waals surface area (Å²) in [6.07, 6.45) is -0.366. The number of rotatable bonds is 45. The lowest BCUT2D eigenvalue weighted by atomic mass is 10.0. The number of carbonyl (C=O) groups is 15. The molecule has 9 atom stereocenters. The lowest BCUT2D eigenvalue weighted by Crippen LogP contribution is -2.61. The van der Waals surface area contributed by atoms with Crippen molar-refractivity contribution in [2.45, 2.75) is 119 Å². The number of thiol groups is 1. The largest absolute Gasteiger partial charge is 0.481 e. The molecule has 89 heavy (non-hydrogen) atoms. The van der Waals surface area contributed by atoms with Gasteiger partial charge in [-0.25, -0.2) is 21.7 Å². The first-order valence-corrected chi connectivity index (χ1v) is 28.4. The minimum Gasteiger partial charge on any atom is -0.481 e. The monoisotopic (exact) mass is 1280 g/mol. The highest BCUT2D eigenvalue weighted by Crippen LogP contribution is 2.18. The molecule has 0 saturated carbocycles. The number of aldehydes is 1. The van der Waals surface area contributed by atoms with Crippen molar-refractivity contribution < 1.29 is 92.3 Å². The second-order valence-electron chi connectivity index (χ2n) is 19.8. The number of hydrogen-bond acceptors (Lipinski definition) is 24. The van der Waals surface area contributed by atoms with Crippen LogP contribution in [0.3, 0.4) is 0 Å². The van der Waals surface area contributed by atoms with Crippen LogP contribution < -0.4 is 87.2 Å². The van der Waals surface area contributed by atoms with Crippen LogP contribution in [0.25, 0.3) is 0 Å². The molecule has 10 amide bonds. The highest BCUT2D eigenvalue weighted by atomic mass is 32.1. The van der Waals surface area contributed by atoms with Crippen LogP contribution in [-0.2, 0) is 78.3 Å². The van der Waals surface area contributed by atoms with Crippen LogP contribution >= 0.6 is 12.6 Å². The first kappa shape index (κ1) is 76.3. The molecule has 1 aromatic carbocycles. The first-order valence-electron chi connectivity index (χ1n) is 27.8. The fraction of sp³-hybridized carbons (Fsp3) is 0.569. The average molecular weight is 1280 g/mol. The van der Waals surface area contributed by atoms with Crippen molar-refractivity contribution in [1.29, 1.82) is 0 Å². The number of unbranched alkanes of at least 4 members (excludes halogenated alkanes) is 1. The number of carboxylic acid groups (broad SMARTS) is 2. The Morgan fingerprint density at radius 1 is 0.618 bits per heavy atom. The molecule has 0 aliphatic carbocycles. The van der Waals surface area contributed by atoms with Crippen molar-refractivity contribution >= 4 is 107 Å². The summed E-state index contributed by atoms with van der Waals surface area (Å²) in [6.45, 7) is -4.51. The Bertz CT molecular complexity index is 2660. The molecular weight excluding hydrogens is 1200 g/mol. The van der Waals surface area contributed by atoms with Gasteiger partial charge in [-0.1, -0.05) is 36.8 Å². The van der Waals surface area contributed by atoms with Crippen LogP contribution in [0.2, 0.25) is 0 Å². The lowest BCUT2D eigenvalue weighted by Gasteiger charge is -2.26. The maximum Gasteiger partial charge on any atom is 0.305 e. The van der Waals surface area contributed by atoms with Gasteiger partial charge >= 0.3 is 11.9 Å². The fourth-order valence-corrected chi connectivity index (χ4v) is 8.45. The Labute approximate surface area is 514 Å². The second kappa shape index (κ2) is 41.4. The molecule has 24 N–H and O–H groups in total. The van der Waals surface area contributed by atoms with Gasteiger partial charge in [-0.2, -0.15) is 12.6 Å². The number of carboxylic acids is 2. The van der Waals surface area contributed by atoms with Crippen LogP contribution in [0, 0.1) is 0 Å². The maximum absolute atomic E-state index is 13.8. The summed E-state index contributed by atoms with van der Waals surface area (Å²) in [5, 5.41) is 57.1. The van der Waals surface area contributed by atoms with E-state index in [1.54, 1.807) is 18.2 Å². The maximum atomic E-state index is 13.8. The van der Waals surface area contributed by atoms with Gasteiger partial charge < -0.3 is 95.6 Å². The van der Waals surface area contributed by atoms with Crippen molar-refractivity contribution in [3.63, 3.8) is 0 Å². The number of amides is 10. The van der Waals surface area contributed by atoms with E-state index in [1.807, 2.05) is 0 Å². The molecule has 0 spiro atoms. The number of likely N-dealkylation sites (tertiary alicyclic amines) is 1. The van der Waals surface area contributed by atoms with Gasteiger partial charge in [0.25, 0.3) is 0 Å². The number of nitrogens with zero attached hydrogens (tertiary/aromatic N) is 2. The van der Waals surface area contributed by atoms with Crippen LogP contribution in [0.1, 0.15) is 63.4 Å². The fourth-order valence-electron chi connectivity index (χ4n) is 8.18. The van der Waals surface area contributed by atoms with Crippen LogP contribution in [-0.4, -0.2) is 239 Å². The van der Waals surface area contributed by atoms with E-state index in [4.69, 9.17) is 22.9 Å². The Morgan fingerprint density at radius 3 is 1.80 bits per heavy atom. The van der Waals surface area contributed by atoms with Crippen molar-refractivity contribution in [2.75, 3.05) is 64.8 Å². The molecule has 1 heterocycles. The van der Waals surface area contributed by atoms with Crippen molar-refractivity contribution in [3.8, 4) is 0 Å². The van der Waals surface area contributed by atoms with Crippen LogP contribution in [0.4, 0.5) is 0 Å². The Balaban J connectivity index is 2.15. The van der Waals surface area contributed by atoms with Crippen LogP contribution in [0.15, 0.2) is 35.3 Å². The summed E-state index contributed by atoms with van der Waals surface area (Å²) in [4.78, 5) is 197. The van der Waals surface area contributed by atoms with Gasteiger partial charge in [-0.3, -0.25) is 72.1 Å². The average Bonchev–Trinajstić information content (AvgIpc) is 4.19. The van der Waals surface area contributed by atoms with E-state index >= 15 is 0 Å². The summed E-state index contributed by atoms with van der Waals surface area (Å²) < 4.78 is 0. The number of Topliss-reactive ketones (excluding diaryl/α,β-unsaturated/α-hetero) is 2. The highest BCUT2D eigenvalue weighted by Gasteiger charge is 2.37. The molecule has 0 radical (unpaired) electrons. The van der Waals surface area contributed by atoms with Gasteiger partial charge in [0.2, 0.25) is 70.6 Å². The van der Waals surface area contributed by atoms with E-state index in [2.05, 4.69) is 81.9 Å². The predicted molar refractivity (Wildman–Crippen MR) is 313 cm³/mol. The van der Waals surface area contributed by atoms with Gasteiger partial charge in [0.1, 0.15) is 48.6 Å². The number of benzene rings is 1. The summed E-state index contributed by atoms with van der Waals surface area (Å²) in [5.74, 6) is -15.8. The minimum absolute atomic E-state index is 0.0243. The second-order valence-corrected chi connectivity index (χ2v) is 20.2. The van der Waals surface area contributed by atoms with E-state index in [1.165, 1.54) is 12.1 Å². The quantitative estimate of drug-likeness (QED) is 0.00548. The summed E-state index contributed by atoms with van der Waals surface area (Å²) in [7, 11) is 0. The van der Waals surface area contributed by atoms with Gasteiger partial charge in [0.15, 0.2) is 5.96 Å². The minimum atomic E-state index is -1.91. The van der Waals surface area contributed by atoms with E-state index in [9.17, 15) is 92.3 Å². The number of nitrogens with one attached hydrogen (secondary N) is 12. The third-order valence-electron chi connectivity index (χ3n) is 12.9. The molecular formula is C51H80N18O19S. The van der Waals surface area contributed by atoms with Crippen molar-refractivity contribution in [2.24, 2.45) is 27.9 Å². The third-order valence-corrected chi connectivity index (χ3v) is 13.3. The summed E-state index contributed by atoms with van der Waals surface area (Å²) in [6, 6.07) is -5.34. The summed E-state index contributed by atoms with van der Waals surface area (Å²) >= 11 is 3.89. The smallest absolute Gasteiger partial charge is 0.305 e. The normalized spacial score (nSPS) is 15.3. The Kier molecular flexibility index (Phi) is 35.5. The number of aliphatic carboxylic acids is 2. The molecule has 1 fully saturated rings. The summed E-state index contributed by atoms with van der Waals surface area (Å²) in [5.41, 5.74) is 31.6. The Hall–Kier alpha value is -8.79. The number of ketones is 2. The molecule has 2 rings (SSSR count). The number of guanidine groups is 1. The molecule has 1 aliphatic rings. The molecule has 37 nitrogen and oxygen atoms in total. The van der Waals surface area contributed by atoms with Crippen molar-refractivity contribution in [1.82, 2.24) is 69.1 Å². The topological polar surface area (TPSA) is 601 Å². The zero-order chi connectivity index (χ0) is 66.6. The molecule has 1 aliphatic heterocycles. The molecule has 1 aromatic rings. The third kappa shape index (κ3) is 29.2. The number of primary amides is 1. The van der Waals surface area contributed by atoms with E-state index in [0.29, 0.717) is 37.7 Å². The predicted octanol–water partition coefficient (Wildman–Crippen LogP) is -10.8. The lowest BCUT2D eigenvalue weighted by molar-refractivity contribution is -0.141. The first-order chi connectivity index (χ1) is 42.3. The molecule has 0 aromatic heterocycles. The van der Waals surface area contributed by atoms with E-state index < -0.39 is 189 Å². The number of carbonyl (C=O) groups excluding carboxylic acids is 13. The van der Waals surface area contributed by atoms with Gasteiger partial charge in [-0.05, 0) is 50.6 Å². The molecule has 38 heteroatoms. The van der Waals surface area contributed by atoms with Gasteiger partial charge in [0.05, 0.1) is 64.3 Å². The molecule has 1 saturated heterocycles. The SMILES string of the molecule is NCCCC[C@H](NN[C@H](C=O)CO)C(=O)N[C@@H](CCCN=C(N)N)C(=O)NCC(=O)N1CCC[C@H]1C(=O)NCC(=O)C(=O)[C@H](CO)NN[C@@H](CC(=O)O)C(=O)N[C@@H](Cc1ccccc1)C(=O)N[C@@H](CC(=O)O)C(=O)NCC(=O)NCC(=O)N[C@@H](CS)C(N)=O. The van der Waals surface area contributed by atoms with Crippen LogP contribution in [0.5, 0.6) is 0 Å². The van der Waals surface area contributed by atoms with Gasteiger partial charge in [-0.15, -0.1) is 0 Å². The van der Waals surface area contributed by atoms with E-state index in [0.717, 1.165) is 4.90 Å². The number of aliphatic hydroxyl groups excluding tert-OH is 2.